The molecule has 1 aromatic carbocycles. The normalized spacial score (nSPS) is 12.6. The number of hydrogen-bond donors (Lipinski definition) is 0. The SMILES string of the molecule is CCC[CH2][Sn]([CH2]CCC)([CH2]CCC)[CH2]c1ccc(C)cc1CN(C)[CH2][Sn]([CH2]CCC)([CH2]CCC)[CH2]CCC. The molecule has 0 bridgehead atoms. The van der Waals surface area contributed by atoms with E-state index < -0.39 is 36.8 Å². The van der Waals surface area contributed by atoms with Gasteiger partial charge < -0.3 is 0 Å². The molecular weight excluding hydrogens is 672 g/mol. The molecule has 0 atom stereocenters. The summed E-state index contributed by atoms with van der Waals surface area (Å²) in [6.07, 6.45) is 17.2. The molecule has 0 fully saturated rings. The van der Waals surface area contributed by atoms with E-state index in [-0.39, 0.29) is 0 Å². The molecule has 222 valence electrons. The standard InChI is InChI=1S/C11H15N.6C4H9.2Sn/c1-9-5-6-10(2)11(7-9)8-12(3)4;6*1-3-4-2;;/h5-7H,2-3,8H2,1,4H3;6*1,3-4H2,2H3;;. The molecule has 0 amide bonds. The van der Waals surface area contributed by atoms with Crippen LogP contribution >= 0.6 is 0 Å². The van der Waals surface area contributed by atoms with Crippen LogP contribution in [0.1, 0.15) is 135 Å². The van der Waals surface area contributed by atoms with E-state index in [1.54, 1.807) is 37.7 Å². The molecule has 3 heteroatoms. The molecule has 38 heavy (non-hydrogen) atoms. The molecule has 0 unspecified atom stereocenters. The van der Waals surface area contributed by atoms with Crippen molar-refractivity contribution in [3.63, 3.8) is 0 Å². The summed E-state index contributed by atoms with van der Waals surface area (Å²) in [6.45, 7) is 18.0. The van der Waals surface area contributed by atoms with E-state index in [2.05, 4.69) is 78.6 Å². The van der Waals surface area contributed by atoms with Crippen LogP contribution in [0.2, 0.25) is 26.6 Å². The minimum atomic E-state index is -2.23. The summed E-state index contributed by atoms with van der Waals surface area (Å²) < 4.78 is 12.7. The molecule has 0 aliphatic heterocycles. The summed E-state index contributed by atoms with van der Waals surface area (Å²) in [5.74, 6) is 0. The second kappa shape index (κ2) is 21.5. The van der Waals surface area contributed by atoms with Gasteiger partial charge in [-0.15, -0.1) is 0 Å². The van der Waals surface area contributed by atoms with Crippen molar-refractivity contribution in [3.8, 4) is 0 Å². The fourth-order valence-electron chi connectivity index (χ4n) is 6.96. The third-order valence-corrected chi connectivity index (χ3v) is 40.2. The number of benzene rings is 1. The van der Waals surface area contributed by atoms with Gasteiger partial charge in [0.2, 0.25) is 0 Å². The summed E-state index contributed by atoms with van der Waals surface area (Å²) in [6, 6.07) is 7.60. The van der Waals surface area contributed by atoms with Crippen LogP contribution in [0.5, 0.6) is 0 Å². The van der Waals surface area contributed by atoms with Crippen LogP contribution in [0, 0.1) is 6.92 Å². The van der Waals surface area contributed by atoms with Crippen molar-refractivity contribution in [3.05, 3.63) is 34.9 Å². The van der Waals surface area contributed by atoms with E-state index in [0.717, 1.165) is 0 Å². The number of unbranched alkanes of at least 4 members (excludes halogenated alkanes) is 6. The predicted molar refractivity (Wildman–Crippen MR) is 181 cm³/mol. The van der Waals surface area contributed by atoms with Gasteiger partial charge in [-0.2, -0.15) is 0 Å². The van der Waals surface area contributed by atoms with E-state index >= 15 is 0 Å². The summed E-state index contributed by atoms with van der Waals surface area (Å²) in [5.41, 5.74) is 4.92. The average molecular weight is 741 g/mol. The van der Waals surface area contributed by atoms with Gasteiger partial charge >= 0.3 is 251 Å². The number of rotatable bonds is 24. The molecular formula is C35H69NSn2. The molecule has 0 N–H and O–H groups in total. The fraction of sp³-hybridized carbons (Fsp3) is 0.829. The Bertz CT molecular complexity index is 672. The van der Waals surface area contributed by atoms with Gasteiger partial charge in [0.25, 0.3) is 0 Å². The van der Waals surface area contributed by atoms with Crippen LogP contribution in [0.3, 0.4) is 0 Å². The topological polar surface area (TPSA) is 3.24 Å². The molecule has 1 rings (SSSR count). The van der Waals surface area contributed by atoms with Crippen LogP contribution in [-0.4, -0.2) is 53.3 Å². The number of hydrogen-bond acceptors (Lipinski definition) is 1. The molecule has 0 aliphatic rings. The first-order chi connectivity index (χ1) is 18.3. The van der Waals surface area contributed by atoms with Crippen LogP contribution < -0.4 is 0 Å². The third kappa shape index (κ3) is 14.1. The zero-order valence-corrected chi connectivity index (χ0v) is 33.2. The van der Waals surface area contributed by atoms with Gasteiger partial charge in [0.05, 0.1) is 0 Å². The van der Waals surface area contributed by atoms with Crippen LogP contribution in [0.15, 0.2) is 18.2 Å². The molecule has 1 aromatic rings. The van der Waals surface area contributed by atoms with Crippen LogP contribution in [-0.2, 0) is 11.0 Å². The Balaban J connectivity index is 3.25. The summed E-state index contributed by atoms with van der Waals surface area (Å²) in [4.78, 5) is 2.83. The first kappa shape index (κ1) is 36.8. The Hall–Kier alpha value is 0.777. The Morgan fingerprint density at radius 2 is 0.947 bits per heavy atom. The zero-order valence-electron chi connectivity index (χ0n) is 27.5. The molecule has 0 aliphatic carbocycles. The van der Waals surface area contributed by atoms with Crippen molar-refractivity contribution in [1.29, 1.82) is 0 Å². The van der Waals surface area contributed by atoms with Crippen molar-refractivity contribution < 1.29 is 0 Å². The summed E-state index contributed by atoms with van der Waals surface area (Å²) in [5, 5.41) is 0. The second-order valence-electron chi connectivity index (χ2n) is 13.2. The van der Waals surface area contributed by atoms with Gasteiger partial charge in [-0.3, -0.25) is 0 Å². The molecule has 0 aromatic heterocycles. The second-order valence-corrected chi connectivity index (χ2v) is 40.8. The van der Waals surface area contributed by atoms with Crippen molar-refractivity contribution in [2.75, 3.05) is 11.6 Å². The Morgan fingerprint density at radius 1 is 0.553 bits per heavy atom. The van der Waals surface area contributed by atoms with Gasteiger partial charge in [0.15, 0.2) is 0 Å². The zero-order chi connectivity index (χ0) is 28.3. The summed E-state index contributed by atoms with van der Waals surface area (Å²) in [7, 11) is 2.49. The van der Waals surface area contributed by atoms with Gasteiger partial charge in [-0.25, -0.2) is 0 Å². The minimum absolute atomic E-state index is 1.19. The maximum atomic E-state index is 2.83. The monoisotopic (exact) mass is 743 g/mol. The average Bonchev–Trinajstić information content (AvgIpc) is 2.91. The van der Waals surface area contributed by atoms with Crippen LogP contribution in [0.4, 0.5) is 0 Å². The van der Waals surface area contributed by atoms with Crippen molar-refractivity contribution in [1.82, 2.24) is 4.90 Å². The third-order valence-electron chi connectivity index (χ3n) is 9.34. The first-order valence-corrected chi connectivity index (χ1v) is 33.2. The van der Waals surface area contributed by atoms with E-state index in [9.17, 15) is 0 Å². The van der Waals surface area contributed by atoms with E-state index in [1.165, 1.54) is 98.2 Å². The van der Waals surface area contributed by atoms with Gasteiger partial charge in [0, 0.05) is 0 Å². The Labute approximate surface area is 249 Å². The van der Waals surface area contributed by atoms with Gasteiger partial charge in [0.1, 0.15) is 0 Å². The predicted octanol–water partition coefficient (Wildman–Crippen LogP) is 11.7. The quantitative estimate of drug-likeness (QED) is 0.0954. The molecule has 0 saturated carbocycles. The van der Waals surface area contributed by atoms with Crippen LogP contribution in [0.25, 0.3) is 0 Å². The molecule has 0 spiro atoms. The molecule has 1 nitrogen and oxygen atoms in total. The van der Waals surface area contributed by atoms with E-state index in [4.69, 9.17) is 0 Å². The van der Waals surface area contributed by atoms with Crippen molar-refractivity contribution in [2.45, 2.75) is 163 Å². The van der Waals surface area contributed by atoms with Gasteiger partial charge in [-0.05, 0) is 0 Å². The van der Waals surface area contributed by atoms with Crippen molar-refractivity contribution in [2.24, 2.45) is 0 Å². The molecule has 0 heterocycles. The molecule has 0 saturated heterocycles. The number of nitrogens with zero attached hydrogens (tertiary/aromatic N) is 1. The molecule has 0 radical (unpaired) electrons. The maximum absolute atomic E-state index is 2.83. The Kier molecular flexibility index (Phi) is 20.8. The van der Waals surface area contributed by atoms with Crippen molar-refractivity contribution >= 4 is 36.8 Å². The summed E-state index contributed by atoms with van der Waals surface area (Å²) >= 11 is -4.40. The Morgan fingerprint density at radius 3 is 1.34 bits per heavy atom. The number of aryl methyl sites for hydroxylation is 1. The van der Waals surface area contributed by atoms with Gasteiger partial charge in [-0.1, -0.05) is 0 Å². The first-order valence-electron chi connectivity index (χ1n) is 17.1. The van der Waals surface area contributed by atoms with E-state index in [0.29, 0.717) is 0 Å². The fourth-order valence-corrected chi connectivity index (χ4v) is 39.9. The van der Waals surface area contributed by atoms with E-state index in [1.807, 2.05) is 0 Å².